The molecule has 1 atom stereocenters. The van der Waals surface area contributed by atoms with Gasteiger partial charge in [-0.15, -0.1) is 0 Å². The molecule has 0 aliphatic heterocycles. The summed E-state index contributed by atoms with van der Waals surface area (Å²) in [5.41, 5.74) is 0. The molecule has 1 saturated carbocycles. The molecular weight excluding hydrogens is 427 g/mol. The highest BCUT2D eigenvalue weighted by Crippen LogP contribution is 2.34. The molecule has 1 aromatic carbocycles. The second-order valence-corrected chi connectivity index (χ2v) is 8.65. The molecule has 3 rings (SSSR count). The molecule has 1 amide bonds. The third-order valence-electron chi connectivity index (χ3n) is 5.01. The van der Waals surface area contributed by atoms with E-state index in [-0.39, 0.29) is 12.0 Å². The highest BCUT2D eigenvalue weighted by Gasteiger charge is 2.28. The Labute approximate surface area is 163 Å². The number of alkyl halides is 1. The van der Waals surface area contributed by atoms with Crippen molar-refractivity contribution in [1.29, 1.82) is 0 Å². The highest BCUT2D eigenvalue weighted by molar-refractivity contribution is 14.1. The topological polar surface area (TPSA) is 42.4 Å². The zero-order valence-corrected chi connectivity index (χ0v) is 17.0. The summed E-state index contributed by atoms with van der Waals surface area (Å²) in [5, 5.41) is 2.30. The van der Waals surface area contributed by atoms with E-state index in [1.165, 1.54) is 0 Å². The van der Waals surface area contributed by atoms with Crippen LogP contribution in [0.15, 0.2) is 36.7 Å². The first-order valence-corrected chi connectivity index (χ1v) is 10.1. The van der Waals surface area contributed by atoms with Gasteiger partial charge in [-0.25, -0.2) is 0 Å². The summed E-state index contributed by atoms with van der Waals surface area (Å²) in [6.07, 6.45) is 9.01. The molecule has 0 radical (unpaired) electrons. The average molecular weight is 452 g/mol. The molecule has 1 heterocycles. The van der Waals surface area contributed by atoms with Gasteiger partial charge in [0, 0.05) is 42.2 Å². The Morgan fingerprint density at radius 1 is 1.24 bits per heavy atom. The SMILES string of the molecule is CN(C)C(=O)CC(I)C1CCC(Oc2ccc3cnccc3c2)CC1. The molecule has 0 spiro atoms. The summed E-state index contributed by atoms with van der Waals surface area (Å²) >= 11 is 2.46. The van der Waals surface area contributed by atoms with Gasteiger partial charge in [0.2, 0.25) is 5.91 Å². The number of carbonyl (C=O) groups is 1. The van der Waals surface area contributed by atoms with Gasteiger partial charge in [-0.3, -0.25) is 9.78 Å². The van der Waals surface area contributed by atoms with E-state index in [0.29, 0.717) is 16.3 Å². The lowest BCUT2D eigenvalue weighted by Gasteiger charge is -2.32. The van der Waals surface area contributed by atoms with Gasteiger partial charge in [0.1, 0.15) is 5.75 Å². The van der Waals surface area contributed by atoms with Crippen LogP contribution in [0.25, 0.3) is 10.8 Å². The number of fused-ring (bicyclic) bond motifs is 1. The Balaban J connectivity index is 1.52. The first-order chi connectivity index (χ1) is 12.0. The minimum Gasteiger partial charge on any atom is -0.490 e. The van der Waals surface area contributed by atoms with E-state index in [2.05, 4.69) is 39.7 Å². The molecule has 4 nitrogen and oxygen atoms in total. The second-order valence-electron chi connectivity index (χ2n) is 7.05. The Morgan fingerprint density at radius 2 is 2.00 bits per heavy atom. The van der Waals surface area contributed by atoms with Gasteiger partial charge in [-0.05, 0) is 61.3 Å². The largest absolute Gasteiger partial charge is 0.490 e. The van der Waals surface area contributed by atoms with Crippen LogP contribution in [0.5, 0.6) is 5.75 Å². The van der Waals surface area contributed by atoms with Crippen molar-refractivity contribution in [3.05, 3.63) is 36.7 Å². The summed E-state index contributed by atoms with van der Waals surface area (Å²) in [6.45, 7) is 0. The van der Waals surface area contributed by atoms with Gasteiger partial charge in [0.25, 0.3) is 0 Å². The predicted molar refractivity (Wildman–Crippen MR) is 109 cm³/mol. The third-order valence-corrected chi connectivity index (χ3v) is 6.47. The summed E-state index contributed by atoms with van der Waals surface area (Å²) in [6, 6.07) is 8.21. The van der Waals surface area contributed by atoms with Crippen LogP contribution in [0.3, 0.4) is 0 Å². The fraction of sp³-hybridized carbons (Fsp3) is 0.500. The number of pyridine rings is 1. The number of nitrogens with zero attached hydrogens (tertiary/aromatic N) is 2. The van der Waals surface area contributed by atoms with Crippen molar-refractivity contribution in [2.24, 2.45) is 5.92 Å². The lowest BCUT2D eigenvalue weighted by molar-refractivity contribution is -0.128. The number of ether oxygens (including phenoxy) is 1. The van der Waals surface area contributed by atoms with Crippen molar-refractivity contribution in [1.82, 2.24) is 9.88 Å². The zero-order chi connectivity index (χ0) is 17.8. The van der Waals surface area contributed by atoms with Crippen molar-refractivity contribution >= 4 is 39.3 Å². The van der Waals surface area contributed by atoms with Crippen molar-refractivity contribution in [3.63, 3.8) is 0 Å². The first-order valence-electron chi connectivity index (χ1n) is 8.87. The molecule has 1 unspecified atom stereocenters. The fourth-order valence-electron chi connectivity index (χ4n) is 3.41. The van der Waals surface area contributed by atoms with Crippen molar-refractivity contribution in [2.75, 3.05) is 14.1 Å². The molecule has 1 aromatic heterocycles. The van der Waals surface area contributed by atoms with Gasteiger partial charge in [-0.1, -0.05) is 22.6 Å². The molecule has 5 heteroatoms. The van der Waals surface area contributed by atoms with Crippen LogP contribution in [0.4, 0.5) is 0 Å². The molecular formula is C20H25IN2O2. The maximum atomic E-state index is 11.9. The molecule has 0 saturated heterocycles. The van der Waals surface area contributed by atoms with Gasteiger partial charge < -0.3 is 9.64 Å². The van der Waals surface area contributed by atoms with Gasteiger partial charge in [-0.2, -0.15) is 0 Å². The van der Waals surface area contributed by atoms with E-state index in [1.807, 2.05) is 38.6 Å². The Hall–Kier alpha value is -1.37. The summed E-state index contributed by atoms with van der Waals surface area (Å²) in [5.74, 6) is 1.78. The van der Waals surface area contributed by atoms with Crippen LogP contribution in [-0.4, -0.2) is 39.9 Å². The number of hydrogen-bond donors (Lipinski definition) is 0. The number of amides is 1. The van der Waals surface area contributed by atoms with E-state index >= 15 is 0 Å². The van der Waals surface area contributed by atoms with Crippen LogP contribution in [-0.2, 0) is 4.79 Å². The minimum absolute atomic E-state index is 0.225. The van der Waals surface area contributed by atoms with Crippen LogP contribution >= 0.6 is 22.6 Å². The zero-order valence-electron chi connectivity index (χ0n) is 14.8. The van der Waals surface area contributed by atoms with Crippen LogP contribution in [0, 0.1) is 5.92 Å². The molecule has 0 N–H and O–H groups in total. The quantitative estimate of drug-likeness (QED) is 0.497. The second kappa shape index (κ2) is 8.34. The van der Waals surface area contributed by atoms with Crippen LogP contribution in [0.1, 0.15) is 32.1 Å². The molecule has 134 valence electrons. The van der Waals surface area contributed by atoms with Crippen LogP contribution in [0.2, 0.25) is 0 Å². The molecule has 2 aromatic rings. The highest BCUT2D eigenvalue weighted by atomic mass is 127. The van der Waals surface area contributed by atoms with Gasteiger partial charge in [0.05, 0.1) is 6.10 Å². The molecule has 0 bridgehead atoms. The normalized spacial score (nSPS) is 21.7. The smallest absolute Gasteiger partial charge is 0.223 e. The minimum atomic E-state index is 0.225. The average Bonchev–Trinajstić information content (AvgIpc) is 2.62. The van der Waals surface area contributed by atoms with E-state index in [4.69, 9.17) is 4.74 Å². The van der Waals surface area contributed by atoms with Crippen LogP contribution < -0.4 is 4.74 Å². The maximum absolute atomic E-state index is 11.9. The number of rotatable bonds is 5. The number of benzene rings is 1. The van der Waals surface area contributed by atoms with Gasteiger partial charge >= 0.3 is 0 Å². The first kappa shape index (κ1) is 18.4. The maximum Gasteiger partial charge on any atom is 0.223 e. The lowest BCUT2D eigenvalue weighted by Crippen LogP contribution is -2.31. The monoisotopic (exact) mass is 452 g/mol. The predicted octanol–water partition coefficient (Wildman–Crippen LogP) is 4.45. The molecule has 1 aliphatic carbocycles. The van der Waals surface area contributed by atoms with Crippen molar-refractivity contribution in [2.45, 2.75) is 42.1 Å². The van der Waals surface area contributed by atoms with E-state index in [1.54, 1.807) is 4.90 Å². The molecule has 1 fully saturated rings. The molecule has 25 heavy (non-hydrogen) atoms. The summed E-state index contributed by atoms with van der Waals surface area (Å²) in [4.78, 5) is 17.7. The van der Waals surface area contributed by atoms with E-state index in [9.17, 15) is 4.79 Å². The fourth-order valence-corrected chi connectivity index (χ4v) is 4.51. The number of halogens is 1. The number of aromatic nitrogens is 1. The standard InChI is InChI=1S/C20H25IN2O2/c1-23(2)20(24)12-19(21)14-3-6-17(7-4-14)25-18-8-5-16-13-22-10-9-15(16)11-18/h5,8-11,13-14,17,19H,3-4,6-7,12H2,1-2H3. The molecule has 1 aliphatic rings. The summed E-state index contributed by atoms with van der Waals surface area (Å²) in [7, 11) is 3.66. The number of hydrogen-bond acceptors (Lipinski definition) is 3. The third kappa shape index (κ3) is 4.84. The van der Waals surface area contributed by atoms with E-state index < -0.39 is 0 Å². The Morgan fingerprint density at radius 3 is 2.72 bits per heavy atom. The van der Waals surface area contributed by atoms with E-state index in [0.717, 1.165) is 42.2 Å². The van der Waals surface area contributed by atoms with Crippen molar-refractivity contribution < 1.29 is 9.53 Å². The number of carbonyl (C=O) groups excluding carboxylic acids is 1. The Kier molecular flexibility index (Phi) is 6.15. The van der Waals surface area contributed by atoms with Crippen molar-refractivity contribution in [3.8, 4) is 5.75 Å². The van der Waals surface area contributed by atoms with Gasteiger partial charge in [0.15, 0.2) is 0 Å². The Bertz CT molecular complexity index is 726. The lowest BCUT2D eigenvalue weighted by atomic mass is 9.84. The summed E-state index contributed by atoms with van der Waals surface area (Å²) < 4.78 is 6.63.